The SMILES string of the molecule is CC(C)CCOCC(COCCC(C)C)(COCCC(C)C)CC(=O)CCOCCOCCOCCOCCCC(C)(C)C. The van der Waals surface area contributed by atoms with Crippen molar-refractivity contribution in [3.8, 4) is 0 Å². The van der Waals surface area contributed by atoms with Crippen LogP contribution >= 0.6 is 0 Å². The minimum atomic E-state index is -0.497. The average molecular weight is 633 g/mol. The van der Waals surface area contributed by atoms with Crippen LogP contribution in [0.3, 0.4) is 0 Å². The lowest BCUT2D eigenvalue weighted by molar-refractivity contribution is -0.130. The van der Waals surface area contributed by atoms with Gasteiger partial charge in [0.2, 0.25) is 0 Å². The Hall–Kier alpha value is -0.610. The Kier molecular flexibility index (Phi) is 27.1. The number of carbonyl (C=O) groups is 1. The average Bonchev–Trinajstić information content (AvgIpc) is 2.92. The van der Waals surface area contributed by atoms with E-state index in [9.17, 15) is 4.79 Å². The Balaban J connectivity index is 4.43. The number of Topliss-reactive ketones (excluding diaryl/α,β-unsaturated/α-hetero) is 1. The Bertz CT molecular complexity index is 604. The lowest BCUT2D eigenvalue weighted by Crippen LogP contribution is -2.40. The third kappa shape index (κ3) is 30.1. The van der Waals surface area contributed by atoms with Gasteiger partial charge in [-0.15, -0.1) is 0 Å². The van der Waals surface area contributed by atoms with E-state index in [2.05, 4.69) is 62.3 Å². The third-order valence-electron chi connectivity index (χ3n) is 7.17. The molecule has 0 saturated heterocycles. The van der Waals surface area contributed by atoms with Gasteiger partial charge in [-0.2, -0.15) is 0 Å². The van der Waals surface area contributed by atoms with Gasteiger partial charge in [-0.3, -0.25) is 4.79 Å². The van der Waals surface area contributed by atoms with Gasteiger partial charge in [0.05, 0.1) is 66.1 Å². The molecule has 0 aliphatic heterocycles. The second-order valence-electron chi connectivity index (χ2n) is 14.8. The van der Waals surface area contributed by atoms with Crippen LogP contribution in [0.2, 0.25) is 0 Å². The predicted molar refractivity (Wildman–Crippen MR) is 179 cm³/mol. The van der Waals surface area contributed by atoms with E-state index in [1.54, 1.807) is 0 Å². The van der Waals surface area contributed by atoms with Gasteiger partial charge < -0.3 is 33.2 Å². The largest absolute Gasteiger partial charge is 0.381 e. The summed E-state index contributed by atoms with van der Waals surface area (Å²) in [6.45, 7) is 27.6. The van der Waals surface area contributed by atoms with Crippen LogP contribution in [0.25, 0.3) is 0 Å². The molecule has 44 heavy (non-hydrogen) atoms. The van der Waals surface area contributed by atoms with Crippen LogP contribution in [-0.2, 0) is 38.0 Å². The number of rotatable bonds is 32. The van der Waals surface area contributed by atoms with Gasteiger partial charge in [-0.05, 0) is 55.3 Å². The normalized spacial score (nSPS) is 12.7. The van der Waals surface area contributed by atoms with Crippen LogP contribution in [-0.4, -0.2) is 98.3 Å². The van der Waals surface area contributed by atoms with E-state index in [-0.39, 0.29) is 5.78 Å². The first-order valence-electron chi connectivity index (χ1n) is 17.4. The molecule has 0 amide bonds. The Morgan fingerprint density at radius 3 is 1.23 bits per heavy atom. The maximum absolute atomic E-state index is 13.1. The van der Waals surface area contributed by atoms with Crippen molar-refractivity contribution in [2.75, 3.05) is 92.5 Å². The maximum atomic E-state index is 13.1. The Labute approximate surface area is 271 Å². The molecule has 0 N–H and O–H groups in total. The summed E-state index contributed by atoms with van der Waals surface area (Å²) in [5.74, 6) is 1.85. The lowest BCUT2D eigenvalue weighted by Gasteiger charge is -2.33. The first-order chi connectivity index (χ1) is 20.9. The van der Waals surface area contributed by atoms with E-state index in [4.69, 9.17) is 33.2 Å². The van der Waals surface area contributed by atoms with Crippen molar-refractivity contribution in [3.63, 3.8) is 0 Å². The minimum absolute atomic E-state index is 0.146. The van der Waals surface area contributed by atoms with Gasteiger partial charge in [0.15, 0.2) is 0 Å². The number of hydrogen-bond donors (Lipinski definition) is 0. The van der Waals surface area contributed by atoms with E-state index < -0.39 is 5.41 Å². The summed E-state index contributed by atoms with van der Waals surface area (Å²) in [4.78, 5) is 13.1. The Morgan fingerprint density at radius 1 is 0.500 bits per heavy atom. The molecule has 0 aliphatic carbocycles. The van der Waals surface area contributed by atoms with Gasteiger partial charge in [0.1, 0.15) is 5.78 Å². The molecule has 0 spiro atoms. The monoisotopic (exact) mass is 633 g/mol. The van der Waals surface area contributed by atoms with Gasteiger partial charge >= 0.3 is 0 Å². The first kappa shape index (κ1) is 43.4. The highest BCUT2D eigenvalue weighted by molar-refractivity contribution is 5.79. The summed E-state index contributed by atoms with van der Waals surface area (Å²) in [5, 5.41) is 0. The zero-order valence-corrected chi connectivity index (χ0v) is 30.3. The summed E-state index contributed by atoms with van der Waals surface area (Å²) >= 11 is 0. The molecule has 0 heterocycles. The van der Waals surface area contributed by atoms with Crippen LogP contribution in [0, 0.1) is 28.6 Å². The summed E-state index contributed by atoms with van der Waals surface area (Å²) in [6.07, 6.45) is 5.90. The van der Waals surface area contributed by atoms with E-state index in [0.717, 1.165) is 38.7 Å². The van der Waals surface area contributed by atoms with Gasteiger partial charge in [-0.25, -0.2) is 0 Å². The molecule has 0 aliphatic rings. The number of hydrogen-bond acceptors (Lipinski definition) is 8. The fraction of sp³-hybridized carbons (Fsp3) is 0.972. The van der Waals surface area contributed by atoms with Crippen LogP contribution in [0.1, 0.15) is 107 Å². The molecule has 0 unspecified atom stereocenters. The van der Waals surface area contributed by atoms with E-state index in [1.165, 1.54) is 0 Å². The molecule has 0 atom stereocenters. The smallest absolute Gasteiger partial charge is 0.136 e. The molecule has 0 aromatic carbocycles. The molecule has 0 aromatic rings. The summed E-state index contributed by atoms with van der Waals surface area (Å²) in [6, 6.07) is 0. The molecular formula is C36H72O8. The second kappa shape index (κ2) is 27.5. The van der Waals surface area contributed by atoms with Gasteiger partial charge in [-0.1, -0.05) is 62.3 Å². The third-order valence-corrected chi connectivity index (χ3v) is 7.17. The fourth-order valence-electron chi connectivity index (χ4n) is 4.26. The maximum Gasteiger partial charge on any atom is 0.136 e. The predicted octanol–water partition coefficient (Wildman–Crippen LogP) is 7.40. The molecule has 0 bridgehead atoms. The summed E-state index contributed by atoms with van der Waals surface area (Å²) in [5.41, 5.74) is -0.142. The zero-order valence-electron chi connectivity index (χ0n) is 30.3. The van der Waals surface area contributed by atoms with Crippen molar-refractivity contribution < 1.29 is 38.0 Å². The standard InChI is InChI=1S/C36H72O8/c1-31(2)11-17-42-28-36(29-43-18-12-32(3)4,30-44-19-13-33(5)6)27-34(37)14-20-39-22-24-41-26-25-40-23-21-38-16-10-15-35(7,8)9/h31-33H,10-30H2,1-9H3. The second-order valence-corrected chi connectivity index (χ2v) is 14.8. The summed E-state index contributed by atoms with van der Waals surface area (Å²) < 4.78 is 40.9. The van der Waals surface area contributed by atoms with E-state index in [0.29, 0.717) is 122 Å². The first-order valence-corrected chi connectivity index (χ1v) is 17.4. The molecule has 0 radical (unpaired) electrons. The van der Waals surface area contributed by atoms with Gasteiger partial charge in [0.25, 0.3) is 0 Å². The van der Waals surface area contributed by atoms with Crippen molar-refractivity contribution in [3.05, 3.63) is 0 Å². The molecule has 0 rings (SSSR count). The highest BCUT2D eigenvalue weighted by Gasteiger charge is 2.34. The van der Waals surface area contributed by atoms with Crippen LogP contribution in [0.5, 0.6) is 0 Å². The van der Waals surface area contributed by atoms with Crippen molar-refractivity contribution in [1.29, 1.82) is 0 Å². The Morgan fingerprint density at radius 2 is 0.864 bits per heavy atom. The molecule has 8 nitrogen and oxygen atoms in total. The highest BCUT2D eigenvalue weighted by atomic mass is 16.6. The van der Waals surface area contributed by atoms with Crippen molar-refractivity contribution in [2.24, 2.45) is 28.6 Å². The van der Waals surface area contributed by atoms with Gasteiger partial charge in [0, 0.05) is 44.7 Å². The number of ether oxygens (including phenoxy) is 7. The molecule has 264 valence electrons. The zero-order chi connectivity index (χ0) is 33.1. The van der Waals surface area contributed by atoms with Crippen molar-refractivity contribution >= 4 is 5.78 Å². The molecule has 0 fully saturated rings. The van der Waals surface area contributed by atoms with E-state index >= 15 is 0 Å². The van der Waals surface area contributed by atoms with Crippen molar-refractivity contribution in [2.45, 2.75) is 107 Å². The van der Waals surface area contributed by atoms with Crippen LogP contribution in [0.4, 0.5) is 0 Å². The van der Waals surface area contributed by atoms with Crippen molar-refractivity contribution in [1.82, 2.24) is 0 Å². The summed E-state index contributed by atoms with van der Waals surface area (Å²) in [7, 11) is 0. The van der Waals surface area contributed by atoms with E-state index in [1.807, 2.05) is 0 Å². The van der Waals surface area contributed by atoms with Crippen LogP contribution < -0.4 is 0 Å². The fourth-order valence-corrected chi connectivity index (χ4v) is 4.26. The quantitative estimate of drug-likeness (QED) is 0.0710. The topological polar surface area (TPSA) is 81.7 Å². The van der Waals surface area contributed by atoms with Crippen LogP contribution in [0.15, 0.2) is 0 Å². The minimum Gasteiger partial charge on any atom is -0.381 e. The molecular weight excluding hydrogens is 560 g/mol. The number of ketones is 1. The molecule has 8 heteroatoms. The molecule has 0 saturated carbocycles. The highest BCUT2D eigenvalue weighted by Crippen LogP contribution is 2.27. The number of carbonyl (C=O) groups excluding carboxylic acids is 1. The lowest BCUT2D eigenvalue weighted by atomic mass is 9.84. The molecule has 0 aromatic heterocycles.